The molecule has 0 aliphatic carbocycles. The number of hydrogen-bond acceptors (Lipinski definition) is 1. The molecular formula is C14H15Cl2NO. The van der Waals surface area contributed by atoms with Crippen molar-refractivity contribution in [3.63, 3.8) is 0 Å². The summed E-state index contributed by atoms with van der Waals surface area (Å²) in [6, 6.07) is 5.45. The van der Waals surface area contributed by atoms with Gasteiger partial charge in [-0.25, -0.2) is 0 Å². The second-order valence-electron chi connectivity index (χ2n) is 5.44. The lowest BCUT2D eigenvalue weighted by Gasteiger charge is -2.17. The van der Waals surface area contributed by atoms with E-state index >= 15 is 0 Å². The van der Waals surface area contributed by atoms with E-state index in [1.807, 2.05) is 43.7 Å². The predicted molar refractivity (Wildman–Crippen MR) is 76.4 cm³/mol. The molecule has 0 saturated heterocycles. The molecule has 0 spiro atoms. The maximum absolute atomic E-state index is 12.1. The van der Waals surface area contributed by atoms with Gasteiger partial charge in [0.2, 0.25) is 0 Å². The molecule has 4 heteroatoms. The normalized spacial score (nSPS) is 12.1. The van der Waals surface area contributed by atoms with Crippen molar-refractivity contribution in [1.29, 1.82) is 0 Å². The maximum Gasteiger partial charge on any atom is 0.157 e. The van der Waals surface area contributed by atoms with Crippen molar-refractivity contribution in [1.82, 2.24) is 4.57 Å². The van der Waals surface area contributed by atoms with Gasteiger partial charge in [-0.1, -0.05) is 44.0 Å². The minimum absolute atomic E-state index is 0.177. The SMILES string of the molecule is CC(C)(C)C(=O)Cn1ccc2c(Cl)cc(Cl)cc21. The average Bonchev–Trinajstić information content (AvgIpc) is 2.60. The first kappa shape index (κ1) is 13.4. The highest BCUT2D eigenvalue weighted by molar-refractivity contribution is 6.38. The Bertz CT molecular complexity index is 608. The molecule has 0 fully saturated rings. The fourth-order valence-corrected chi connectivity index (χ4v) is 2.29. The molecule has 0 amide bonds. The van der Waals surface area contributed by atoms with Crippen LogP contribution in [0.2, 0.25) is 10.0 Å². The van der Waals surface area contributed by atoms with E-state index in [1.54, 1.807) is 6.07 Å². The molecule has 18 heavy (non-hydrogen) atoms. The third-order valence-electron chi connectivity index (χ3n) is 2.95. The Morgan fingerprint density at radius 2 is 1.94 bits per heavy atom. The van der Waals surface area contributed by atoms with E-state index in [4.69, 9.17) is 23.2 Å². The first-order valence-corrected chi connectivity index (χ1v) is 6.52. The Hall–Kier alpha value is -0.990. The monoisotopic (exact) mass is 283 g/mol. The second kappa shape index (κ2) is 4.60. The number of Topliss-reactive ketones (excluding diaryl/α,β-unsaturated/α-hetero) is 1. The van der Waals surface area contributed by atoms with E-state index in [9.17, 15) is 4.79 Å². The highest BCUT2D eigenvalue weighted by Crippen LogP contribution is 2.29. The number of hydrogen-bond donors (Lipinski definition) is 0. The Labute approximate surface area is 116 Å². The lowest BCUT2D eigenvalue weighted by Crippen LogP contribution is -2.24. The highest BCUT2D eigenvalue weighted by atomic mass is 35.5. The van der Waals surface area contributed by atoms with Crippen LogP contribution in [-0.4, -0.2) is 10.4 Å². The van der Waals surface area contributed by atoms with Crippen molar-refractivity contribution in [3.05, 3.63) is 34.4 Å². The van der Waals surface area contributed by atoms with E-state index < -0.39 is 0 Å². The summed E-state index contributed by atoms with van der Waals surface area (Å²) in [7, 11) is 0. The smallest absolute Gasteiger partial charge is 0.157 e. The number of carbonyl (C=O) groups is 1. The van der Waals surface area contributed by atoms with Gasteiger partial charge < -0.3 is 4.57 Å². The Morgan fingerprint density at radius 3 is 2.56 bits per heavy atom. The van der Waals surface area contributed by atoms with Gasteiger partial charge in [-0.05, 0) is 18.2 Å². The number of carbonyl (C=O) groups excluding carboxylic acids is 1. The van der Waals surface area contributed by atoms with Crippen molar-refractivity contribution in [3.8, 4) is 0 Å². The van der Waals surface area contributed by atoms with Gasteiger partial charge in [0.1, 0.15) is 0 Å². The maximum atomic E-state index is 12.1. The molecule has 0 N–H and O–H groups in total. The number of aromatic nitrogens is 1. The number of rotatable bonds is 2. The topological polar surface area (TPSA) is 22.0 Å². The molecule has 0 atom stereocenters. The van der Waals surface area contributed by atoms with E-state index in [0.29, 0.717) is 16.6 Å². The predicted octanol–water partition coefficient (Wildman–Crippen LogP) is 4.56. The van der Waals surface area contributed by atoms with Crippen LogP contribution in [0.4, 0.5) is 0 Å². The molecule has 1 heterocycles. The summed E-state index contributed by atoms with van der Waals surface area (Å²) in [5, 5.41) is 2.11. The average molecular weight is 284 g/mol. The molecule has 0 bridgehead atoms. The van der Waals surface area contributed by atoms with Crippen molar-refractivity contribution < 1.29 is 4.79 Å². The van der Waals surface area contributed by atoms with Crippen LogP contribution < -0.4 is 0 Å². The van der Waals surface area contributed by atoms with Gasteiger partial charge in [0.15, 0.2) is 5.78 Å². The highest BCUT2D eigenvalue weighted by Gasteiger charge is 2.21. The molecule has 0 aliphatic rings. The summed E-state index contributed by atoms with van der Waals surface area (Å²) < 4.78 is 1.89. The van der Waals surface area contributed by atoms with Gasteiger partial charge in [0.25, 0.3) is 0 Å². The molecule has 96 valence electrons. The molecular weight excluding hydrogens is 269 g/mol. The van der Waals surface area contributed by atoms with Gasteiger partial charge in [-0.2, -0.15) is 0 Å². The quantitative estimate of drug-likeness (QED) is 0.792. The van der Waals surface area contributed by atoms with Crippen LogP contribution in [0.5, 0.6) is 0 Å². The van der Waals surface area contributed by atoms with Crippen LogP contribution in [0.1, 0.15) is 20.8 Å². The third kappa shape index (κ3) is 2.55. The van der Waals surface area contributed by atoms with Crippen molar-refractivity contribution in [2.24, 2.45) is 5.41 Å². The lowest BCUT2D eigenvalue weighted by atomic mass is 9.91. The Balaban J connectivity index is 2.44. The van der Waals surface area contributed by atoms with Crippen LogP contribution in [0.15, 0.2) is 24.4 Å². The Morgan fingerprint density at radius 1 is 1.28 bits per heavy atom. The van der Waals surface area contributed by atoms with Crippen LogP contribution in [0.3, 0.4) is 0 Å². The van der Waals surface area contributed by atoms with Crippen LogP contribution in [0.25, 0.3) is 10.9 Å². The lowest BCUT2D eigenvalue weighted by molar-refractivity contribution is -0.126. The summed E-state index contributed by atoms with van der Waals surface area (Å²) in [5.41, 5.74) is 0.545. The molecule has 2 rings (SSSR count). The van der Waals surface area contributed by atoms with Gasteiger partial charge in [-0.3, -0.25) is 4.79 Å². The molecule has 1 aromatic carbocycles. The van der Waals surface area contributed by atoms with E-state index in [-0.39, 0.29) is 11.2 Å². The molecule has 2 nitrogen and oxygen atoms in total. The summed E-state index contributed by atoms with van der Waals surface area (Å²) in [5.74, 6) is 0.177. The molecule has 0 aliphatic heterocycles. The van der Waals surface area contributed by atoms with Crippen LogP contribution in [-0.2, 0) is 11.3 Å². The molecule has 1 aromatic heterocycles. The number of ketones is 1. The zero-order valence-corrected chi connectivity index (χ0v) is 12.1. The first-order chi connectivity index (χ1) is 8.29. The fraction of sp³-hybridized carbons (Fsp3) is 0.357. The van der Waals surface area contributed by atoms with Gasteiger partial charge >= 0.3 is 0 Å². The summed E-state index contributed by atoms with van der Waals surface area (Å²) in [4.78, 5) is 12.1. The van der Waals surface area contributed by atoms with E-state index in [0.717, 1.165) is 10.9 Å². The minimum atomic E-state index is -0.348. The zero-order valence-electron chi connectivity index (χ0n) is 10.6. The van der Waals surface area contributed by atoms with Crippen LogP contribution in [0, 0.1) is 5.41 Å². The number of fused-ring (bicyclic) bond motifs is 1. The molecule has 0 radical (unpaired) electrons. The number of benzene rings is 1. The zero-order chi connectivity index (χ0) is 13.5. The van der Waals surface area contributed by atoms with Crippen molar-refractivity contribution in [2.45, 2.75) is 27.3 Å². The van der Waals surface area contributed by atoms with Crippen molar-refractivity contribution in [2.75, 3.05) is 0 Å². The van der Waals surface area contributed by atoms with Gasteiger partial charge in [0.05, 0.1) is 17.1 Å². The summed E-state index contributed by atoms with van der Waals surface area (Å²) >= 11 is 12.1. The number of nitrogens with zero attached hydrogens (tertiary/aromatic N) is 1. The minimum Gasteiger partial charge on any atom is -0.340 e. The largest absolute Gasteiger partial charge is 0.340 e. The molecule has 0 saturated carbocycles. The first-order valence-electron chi connectivity index (χ1n) is 5.76. The standard InChI is InChI=1S/C14H15Cl2NO/c1-14(2,3)13(18)8-17-5-4-10-11(16)6-9(15)7-12(10)17/h4-7H,8H2,1-3H3. The van der Waals surface area contributed by atoms with Gasteiger partial charge in [0, 0.05) is 22.0 Å². The number of halogens is 2. The Kier molecular flexibility index (Phi) is 3.43. The molecule has 0 unspecified atom stereocenters. The van der Waals surface area contributed by atoms with Crippen LogP contribution >= 0.6 is 23.2 Å². The second-order valence-corrected chi connectivity index (χ2v) is 6.28. The summed E-state index contributed by atoms with van der Waals surface area (Å²) in [6.45, 7) is 6.09. The fourth-order valence-electron chi connectivity index (χ4n) is 1.75. The van der Waals surface area contributed by atoms with E-state index in [2.05, 4.69) is 0 Å². The van der Waals surface area contributed by atoms with Gasteiger partial charge in [-0.15, -0.1) is 0 Å². The third-order valence-corrected chi connectivity index (χ3v) is 3.48. The summed E-state index contributed by atoms with van der Waals surface area (Å²) in [6.07, 6.45) is 1.87. The van der Waals surface area contributed by atoms with Crippen molar-refractivity contribution >= 4 is 39.9 Å². The van der Waals surface area contributed by atoms with E-state index in [1.165, 1.54) is 0 Å². The molecule has 2 aromatic rings.